The van der Waals surface area contributed by atoms with Crippen LogP contribution < -0.4 is 18.9 Å². The predicted molar refractivity (Wildman–Crippen MR) is 140 cm³/mol. The Morgan fingerprint density at radius 1 is 1.07 bits per heavy atom. The van der Waals surface area contributed by atoms with Gasteiger partial charge in [-0.1, -0.05) is 6.07 Å². The van der Waals surface area contributed by atoms with Crippen LogP contribution in [-0.2, 0) is 16.6 Å². The molecule has 1 saturated carbocycles. The van der Waals surface area contributed by atoms with Crippen molar-refractivity contribution in [2.45, 2.75) is 56.7 Å². The third-order valence-electron chi connectivity index (χ3n) is 7.97. The van der Waals surface area contributed by atoms with E-state index in [0.717, 1.165) is 5.56 Å². The number of carboxylic acids is 1. The molecule has 7 nitrogen and oxygen atoms in total. The number of aliphatic carboxylic acids is 1. The Hall–Kier alpha value is -3.85. The van der Waals surface area contributed by atoms with E-state index in [1.807, 2.05) is 6.07 Å². The van der Waals surface area contributed by atoms with Crippen LogP contribution in [0, 0.1) is 17.6 Å². The normalized spacial score (nSPS) is 22.4. The van der Waals surface area contributed by atoms with E-state index < -0.39 is 40.6 Å². The van der Waals surface area contributed by atoms with Crippen LogP contribution in [0.2, 0.25) is 0 Å². The van der Waals surface area contributed by atoms with Crippen LogP contribution in [0.15, 0.2) is 48.5 Å². The zero-order valence-electron chi connectivity index (χ0n) is 22.2. The first-order chi connectivity index (χ1) is 19.0. The van der Waals surface area contributed by atoms with Crippen LogP contribution in [-0.4, -0.2) is 35.0 Å². The lowest BCUT2D eigenvalue weighted by molar-refractivity contribution is -0.139. The van der Waals surface area contributed by atoms with Crippen molar-refractivity contribution in [3.8, 4) is 28.7 Å². The molecule has 6 rings (SSSR count). The molecular formula is C31H30F2O7. The molecule has 1 aliphatic heterocycles. The molecule has 40 heavy (non-hydrogen) atoms. The van der Waals surface area contributed by atoms with E-state index in [1.165, 1.54) is 24.3 Å². The van der Waals surface area contributed by atoms with Crippen molar-refractivity contribution >= 4 is 5.97 Å². The molecule has 1 spiro atoms. The zero-order chi connectivity index (χ0) is 28.2. The van der Waals surface area contributed by atoms with E-state index in [9.17, 15) is 19.4 Å². The van der Waals surface area contributed by atoms with Gasteiger partial charge in [-0.15, -0.1) is 0 Å². The third-order valence-corrected chi connectivity index (χ3v) is 7.97. The van der Waals surface area contributed by atoms with Crippen molar-refractivity contribution in [2.24, 2.45) is 5.92 Å². The van der Waals surface area contributed by atoms with Gasteiger partial charge in [-0.05, 0) is 63.4 Å². The average molecular weight is 553 g/mol. The van der Waals surface area contributed by atoms with Crippen molar-refractivity contribution in [3.05, 3.63) is 76.9 Å². The Morgan fingerprint density at radius 2 is 1.85 bits per heavy atom. The maximum absolute atomic E-state index is 15.0. The molecule has 0 amide bonds. The van der Waals surface area contributed by atoms with Crippen molar-refractivity contribution < 1.29 is 42.7 Å². The maximum Gasteiger partial charge on any atom is 0.307 e. The fourth-order valence-corrected chi connectivity index (χ4v) is 5.69. The second-order valence-corrected chi connectivity index (χ2v) is 11.4. The molecule has 3 aliphatic rings. The van der Waals surface area contributed by atoms with E-state index in [-0.39, 0.29) is 12.4 Å². The third kappa shape index (κ3) is 4.83. The first-order valence-electron chi connectivity index (χ1n) is 13.3. The number of carbonyl (C=O) groups is 1. The highest BCUT2D eigenvalue weighted by Gasteiger charge is 2.63. The lowest BCUT2D eigenvalue weighted by atomic mass is 9.95. The van der Waals surface area contributed by atoms with Gasteiger partial charge in [0.1, 0.15) is 34.9 Å². The first kappa shape index (κ1) is 26.4. The van der Waals surface area contributed by atoms with Gasteiger partial charge >= 0.3 is 5.97 Å². The highest BCUT2D eigenvalue weighted by Crippen LogP contribution is 2.60. The minimum Gasteiger partial charge on any atom is -0.493 e. The Kier molecular flexibility index (Phi) is 6.37. The summed E-state index contributed by atoms with van der Waals surface area (Å²) in [6.07, 6.45) is 1.36. The SMILES string of the molecule is CC(C)(O)CCOc1ccc(Oc2ccc(F)c3c2CC[C@H]3Oc2ccc3c(c2)OCC32CC2C(=O)O)c(F)c1. The van der Waals surface area contributed by atoms with Crippen LogP contribution in [0.3, 0.4) is 0 Å². The van der Waals surface area contributed by atoms with E-state index >= 15 is 4.39 Å². The van der Waals surface area contributed by atoms with Gasteiger partial charge in [0.15, 0.2) is 11.6 Å². The molecule has 1 fully saturated rings. The van der Waals surface area contributed by atoms with Crippen LogP contribution >= 0.6 is 0 Å². The highest BCUT2D eigenvalue weighted by atomic mass is 19.1. The van der Waals surface area contributed by atoms with Crippen LogP contribution in [0.5, 0.6) is 28.7 Å². The fourth-order valence-electron chi connectivity index (χ4n) is 5.69. The largest absolute Gasteiger partial charge is 0.493 e. The van der Waals surface area contributed by atoms with Gasteiger partial charge in [0.25, 0.3) is 0 Å². The minimum atomic E-state index is -0.883. The van der Waals surface area contributed by atoms with E-state index in [4.69, 9.17) is 18.9 Å². The van der Waals surface area contributed by atoms with E-state index in [2.05, 4.69) is 0 Å². The quantitative estimate of drug-likeness (QED) is 0.331. The number of benzene rings is 3. The Labute approximate surface area is 230 Å². The molecule has 0 bridgehead atoms. The maximum atomic E-state index is 15.0. The standard InChI is InChI=1S/C31H30F2O7/c1-30(2,36)11-12-37-17-4-8-25(23(33)13-17)40-24-10-7-22(32)28-19(24)5-9-26(28)39-18-3-6-20-27(14-18)38-16-31(20)15-21(31)29(34)35/h3-4,6-8,10,13-14,21,26,36H,5,9,11-12,15-16H2,1-2H3,(H,34,35)/t21?,26-,31?/m1/s1. The van der Waals surface area contributed by atoms with Crippen molar-refractivity contribution in [1.29, 1.82) is 0 Å². The molecule has 210 valence electrons. The molecule has 9 heteroatoms. The molecular weight excluding hydrogens is 522 g/mol. The predicted octanol–water partition coefficient (Wildman–Crippen LogP) is 6.10. The number of rotatable bonds is 9. The number of ether oxygens (including phenoxy) is 4. The molecule has 2 N–H and O–H groups in total. The highest BCUT2D eigenvalue weighted by molar-refractivity contribution is 5.78. The number of halogens is 2. The van der Waals surface area contributed by atoms with Gasteiger partial charge in [0, 0.05) is 40.7 Å². The summed E-state index contributed by atoms with van der Waals surface area (Å²) in [5.41, 5.74) is 0.514. The summed E-state index contributed by atoms with van der Waals surface area (Å²) in [6.45, 7) is 3.90. The molecule has 0 aromatic heterocycles. The molecule has 2 aliphatic carbocycles. The van der Waals surface area contributed by atoms with Gasteiger partial charge in [-0.2, -0.15) is 0 Å². The van der Waals surface area contributed by atoms with Gasteiger partial charge in [0.2, 0.25) is 0 Å². The summed E-state index contributed by atoms with van der Waals surface area (Å²) in [5.74, 6) is -0.571. The Bertz CT molecular complexity index is 1480. The Balaban J connectivity index is 1.17. The molecule has 3 aromatic rings. The van der Waals surface area contributed by atoms with Crippen molar-refractivity contribution in [1.82, 2.24) is 0 Å². The number of hydrogen-bond donors (Lipinski definition) is 2. The monoisotopic (exact) mass is 552 g/mol. The molecule has 0 saturated heterocycles. The molecule has 2 unspecified atom stereocenters. The summed E-state index contributed by atoms with van der Waals surface area (Å²) in [6, 6.07) is 12.4. The van der Waals surface area contributed by atoms with Crippen LogP contribution in [0.4, 0.5) is 8.78 Å². The minimum absolute atomic E-state index is 0.0162. The number of fused-ring (bicyclic) bond motifs is 3. The number of hydrogen-bond acceptors (Lipinski definition) is 6. The van der Waals surface area contributed by atoms with E-state index in [1.54, 1.807) is 32.0 Å². The summed E-state index contributed by atoms with van der Waals surface area (Å²) in [5, 5.41) is 19.2. The summed E-state index contributed by atoms with van der Waals surface area (Å²) in [4.78, 5) is 11.5. The van der Waals surface area contributed by atoms with Crippen molar-refractivity contribution in [3.63, 3.8) is 0 Å². The van der Waals surface area contributed by atoms with Crippen LogP contribution in [0.25, 0.3) is 0 Å². The van der Waals surface area contributed by atoms with Crippen LogP contribution in [0.1, 0.15) is 55.9 Å². The summed E-state index contributed by atoms with van der Waals surface area (Å²) >= 11 is 0. The fraction of sp³-hybridized carbons (Fsp3) is 0.387. The van der Waals surface area contributed by atoms with Gasteiger partial charge in [0.05, 0.1) is 24.7 Å². The Morgan fingerprint density at radius 3 is 2.58 bits per heavy atom. The molecule has 3 aromatic carbocycles. The number of carboxylic acid groups (broad SMARTS) is 1. The first-order valence-corrected chi connectivity index (χ1v) is 13.3. The van der Waals surface area contributed by atoms with Gasteiger partial charge in [-0.3, -0.25) is 4.79 Å². The smallest absolute Gasteiger partial charge is 0.307 e. The van der Waals surface area contributed by atoms with Crippen molar-refractivity contribution in [2.75, 3.05) is 13.2 Å². The summed E-state index contributed by atoms with van der Waals surface area (Å²) in [7, 11) is 0. The lowest BCUT2D eigenvalue weighted by Crippen LogP contribution is -2.21. The van der Waals surface area contributed by atoms with Gasteiger partial charge < -0.3 is 29.2 Å². The topological polar surface area (TPSA) is 94.5 Å². The number of aliphatic hydroxyl groups is 1. The average Bonchev–Trinajstić information content (AvgIpc) is 3.31. The second kappa shape index (κ2) is 9.66. The zero-order valence-corrected chi connectivity index (χ0v) is 22.2. The summed E-state index contributed by atoms with van der Waals surface area (Å²) < 4.78 is 53.2. The second-order valence-electron chi connectivity index (χ2n) is 11.4. The lowest BCUT2D eigenvalue weighted by Gasteiger charge is -2.18. The molecule has 3 atom stereocenters. The van der Waals surface area contributed by atoms with Gasteiger partial charge in [-0.25, -0.2) is 8.78 Å². The molecule has 0 radical (unpaired) electrons. The molecule has 1 heterocycles. The van der Waals surface area contributed by atoms with E-state index in [0.29, 0.717) is 66.4 Å².